The van der Waals surface area contributed by atoms with E-state index in [9.17, 15) is 14.0 Å². The number of aromatic nitrogens is 1. The number of carbonyl (C=O) groups is 2. The topological polar surface area (TPSA) is 71.5 Å². The second-order valence-electron chi connectivity index (χ2n) is 10.7. The molecule has 3 heterocycles. The molecule has 180 valence electrons. The minimum atomic E-state index is -0.582. The normalized spacial score (nSPS) is 24.9. The Morgan fingerprint density at radius 3 is 2.62 bits per heavy atom. The van der Waals surface area contributed by atoms with Gasteiger partial charge in [0.2, 0.25) is 5.91 Å². The van der Waals surface area contributed by atoms with Crippen LogP contribution >= 0.6 is 11.6 Å². The second kappa shape index (κ2) is 8.61. The summed E-state index contributed by atoms with van der Waals surface area (Å²) in [5.41, 5.74) is 1.56. The number of hydrogen-bond donors (Lipinski definition) is 1. The minimum absolute atomic E-state index is 0.0331. The molecule has 1 aliphatic carbocycles. The Labute approximate surface area is 203 Å². The fourth-order valence-electron chi connectivity index (χ4n) is 5.00. The fourth-order valence-corrected chi connectivity index (χ4v) is 5.16. The number of nitrogens with zero attached hydrogens (tertiary/aromatic N) is 2. The number of fused-ring (bicyclic) bond motifs is 1. The first-order valence-electron chi connectivity index (χ1n) is 11.8. The van der Waals surface area contributed by atoms with Crippen LogP contribution in [0.1, 0.15) is 61.3 Å². The number of nitrogens with one attached hydrogen (secondary N) is 1. The highest BCUT2D eigenvalue weighted by molar-refractivity contribution is 6.30. The van der Waals surface area contributed by atoms with E-state index in [1.807, 2.05) is 26.8 Å². The van der Waals surface area contributed by atoms with Crippen LogP contribution in [0.4, 0.5) is 4.39 Å². The van der Waals surface area contributed by atoms with Crippen LogP contribution < -0.4 is 5.32 Å². The molecule has 6 nitrogen and oxygen atoms in total. The van der Waals surface area contributed by atoms with Gasteiger partial charge < -0.3 is 15.0 Å². The van der Waals surface area contributed by atoms with E-state index in [4.69, 9.17) is 16.3 Å². The van der Waals surface area contributed by atoms with Gasteiger partial charge in [0.25, 0.3) is 5.91 Å². The van der Waals surface area contributed by atoms with E-state index in [2.05, 4.69) is 10.3 Å². The summed E-state index contributed by atoms with van der Waals surface area (Å²) in [6.07, 6.45) is 3.19. The van der Waals surface area contributed by atoms with Crippen LogP contribution in [0.2, 0.25) is 5.02 Å². The summed E-state index contributed by atoms with van der Waals surface area (Å²) in [5.74, 6) is -0.565. The molecule has 3 fully saturated rings. The Kier molecular flexibility index (Phi) is 5.89. The number of benzene rings is 1. The van der Waals surface area contributed by atoms with Gasteiger partial charge in [0.05, 0.1) is 19.3 Å². The van der Waals surface area contributed by atoms with Gasteiger partial charge in [0, 0.05) is 45.4 Å². The highest BCUT2D eigenvalue weighted by Crippen LogP contribution is 2.48. The van der Waals surface area contributed by atoms with Crippen LogP contribution in [0.15, 0.2) is 36.5 Å². The third kappa shape index (κ3) is 4.31. The second-order valence-corrected chi connectivity index (χ2v) is 11.1. The highest BCUT2D eigenvalue weighted by Gasteiger charge is 2.56. The predicted molar refractivity (Wildman–Crippen MR) is 126 cm³/mol. The van der Waals surface area contributed by atoms with Crippen LogP contribution in [0, 0.1) is 17.7 Å². The van der Waals surface area contributed by atoms with Crippen LogP contribution in [0.25, 0.3) is 0 Å². The summed E-state index contributed by atoms with van der Waals surface area (Å²) in [4.78, 5) is 33.2. The number of halogens is 2. The van der Waals surface area contributed by atoms with Gasteiger partial charge in [-0.3, -0.25) is 14.6 Å². The van der Waals surface area contributed by atoms with Crippen molar-refractivity contribution in [2.45, 2.75) is 57.2 Å². The minimum Gasteiger partial charge on any atom is -0.381 e. The first-order chi connectivity index (χ1) is 16.1. The Morgan fingerprint density at radius 2 is 1.97 bits per heavy atom. The molecule has 2 amide bonds. The first kappa shape index (κ1) is 23.2. The van der Waals surface area contributed by atoms with Crippen molar-refractivity contribution in [3.63, 3.8) is 0 Å². The van der Waals surface area contributed by atoms with Crippen molar-refractivity contribution < 1.29 is 18.7 Å². The number of rotatable bonds is 5. The molecule has 2 aliphatic heterocycles. The zero-order chi connectivity index (χ0) is 24.2. The quantitative estimate of drug-likeness (QED) is 0.686. The zero-order valence-corrected chi connectivity index (χ0v) is 20.3. The van der Waals surface area contributed by atoms with E-state index in [1.54, 1.807) is 29.3 Å². The van der Waals surface area contributed by atoms with Gasteiger partial charge in [0.1, 0.15) is 11.9 Å². The Morgan fingerprint density at radius 1 is 1.21 bits per heavy atom. The van der Waals surface area contributed by atoms with E-state index in [1.165, 1.54) is 6.07 Å². The lowest BCUT2D eigenvalue weighted by molar-refractivity contribution is -0.128. The maximum Gasteiger partial charge on any atom is 0.254 e. The van der Waals surface area contributed by atoms with E-state index in [0.29, 0.717) is 41.7 Å². The molecular weight excluding hydrogens is 457 g/mol. The van der Waals surface area contributed by atoms with Crippen molar-refractivity contribution in [1.29, 1.82) is 0 Å². The van der Waals surface area contributed by atoms with E-state index >= 15 is 0 Å². The monoisotopic (exact) mass is 485 g/mol. The van der Waals surface area contributed by atoms with Gasteiger partial charge in [-0.1, -0.05) is 38.4 Å². The van der Waals surface area contributed by atoms with Gasteiger partial charge >= 0.3 is 0 Å². The van der Waals surface area contributed by atoms with Crippen molar-refractivity contribution in [1.82, 2.24) is 15.2 Å². The van der Waals surface area contributed by atoms with Gasteiger partial charge in [0.15, 0.2) is 0 Å². The first-order valence-corrected chi connectivity index (χ1v) is 12.1. The fraction of sp³-hybridized carbons (Fsp3) is 0.500. The van der Waals surface area contributed by atoms with Crippen molar-refractivity contribution >= 4 is 23.4 Å². The van der Waals surface area contributed by atoms with E-state index < -0.39 is 17.9 Å². The largest absolute Gasteiger partial charge is 0.381 e. The smallest absolute Gasteiger partial charge is 0.254 e. The molecule has 5 rings (SSSR count). The number of likely N-dealkylation sites (tertiary alicyclic amines) is 1. The standard InChI is InChI=1S/C26H29ClFN3O3/c1-26(2,3)22-10-14(6-7-29-22)25(33)31-20-8-15(20)9-21(31)24(32)30-23(16-12-34-13-16)18-5-4-17(27)11-19(18)28/h4-7,10-11,15-16,20-21,23H,8-9,12-13H2,1-3H3,(H,30,32)/t15-,20-,21-,23-/m1/s1. The summed E-state index contributed by atoms with van der Waals surface area (Å²) in [7, 11) is 0. The molecule has 4 atom stereocenters. The molecule has 8 heteroatoms. The van der Waals surface area contributed by atoms with Crippen molar-refractivity contribution in [3.05, 3.63) is 64.2 Å². The molecule has 0 bridgehead atoms. The molecule has 2 saturated heterocycles. The zero-order valence-electron chi connectivity index (χ0n) is 19.6. The molecular formula is C26H29ClFN3O3. The average Bonchev–Trinajstić information content (AvgIpc) is 3.40. The molecule has 0 spiro atoms. The van der Waals surface area contributed by atoms with E-state index in [0.717, 1.165) is 12.1 Å². The van der Waals surface area contributed by atoms with Crippen molar-refractivity contribution in [3.8, 4) is 0 Å². The molecule has 0 radical (unpaired) electrons. The maximum absolute atomic E-state index is 14.7. The van der Waals surface area contributed by atoms with Gasteiger partial charge in [-0.25, -0.2) is 4.39 Å². The number of hydrogen-bond acceptors (Lipinski definition) is 4. The lowest BCUT2D eigenvalue weighted by Crippen LogP contribution is -2.51. The summed E-state index contributed by atoms with van der Waals surface area (Å²) < 4.78 is 20.0. The molecule has 1 N–H and O–H groups in total. The summed E-state index contributed by atoms with van der Waals surface area (Å²) in [6, 6.07) is 6.97. The molecule has 1 saturated carbocycles. The molecule has 1 aromatic heterocycles. The van der Waals surface area contributed by atoms with E-state index in [-0.39, 0.29) is 29.2 Å². The average molecular weight is 486 g/mol. The third-order valence-electron chi connectivity index (χ3n) is 7.15. The van der Waals surface area contributed by atoms with Gasteiger partial charge in [-0.2, -0.15) is 0 Å². The molecule has 0 unspecified atom stereocenters. The number of ether oxygens (including phenoxy) is 1. The number of carbonyl (C=O) groups excluding carboxylic acids is 2. The molecule has 2 aromatic rings. The summed E-state index contributed by atoms with van der Waals surface area (Å²) in [5, 5.41) is 3.34. The van der Waals surface area contributed by atoms with Crippen LogP contribution in [-0.4, -0.2) is 47.0 Å². The SMILES string of the molecule is CC(C)(C)c1cc(C(=O)N2[C@@H](C(=O)N[C@@H](c3ccc(Cl)cc3F)C3COC3)C[C@H]3C[C@H]32)ccn1. The maximum atomic E-state index is 14.7. The van der Waals surface area contributed by atoms with Gasteiger partial charge in [-0.15, -0.1) is 0 Å². The van der Waals surface area contributed by atoms with Crippen LogP contribution in [-0.2, 0) is 14.9 Å². The Balaban J connectivity index is 1.38. The number of piperidine rings is 1. The van der Waals surface area contributed by atoms with Gasteiger partial charge in [-0.05, 0) is 43.0 Å². The van der Waals surface area contributed by atoms with Crippen molar-refractivity contribution in [2.75, 3.05) is 13.2 Å². The third-order valence-corrected chi connectivity index (χ3v) is 7.38. The Hall–Kier alpha value is -2.51. The molecule has 1 aromatic carbocycles. The summed E-state index contributed by atoms with van der Waals surface area (Å²) in [6.45, 7) is 7.03. The van der Waals surface area contributed by atoms with Crippen LogP contribution in [0.3, 0.4) is 0 Å². The predicted octanol–water partition coefficient (Wildman–Crippen LogP) is 4.28. The number of amides is 2. The van der Waals surface area contributed by atoms with Crippen molar-refractivity contribution in [2.24, 2.45) is 11.8 Å². The number of pyridine rings is 1. The van der Waals surface area contributed by atoms with Crippen LogP contribution in [0.5, 0.6) is 0 Å². The lowest BCUT2D eigenvalue weighted by atomic mass is 9.90. The lowest BCUT2D eigenvalue weighted by Gasteiger charge is -2.36. The Bertz CT molecular complexity index is 1130. The molecule has 3 aliphatic rings. The highest BCUT2D eigenvalue weighted by atomic mass is 35.5. The molecule has 34 heavy (non-hydrogen) atoms. The summed E-state index contributed by atoms with van der Waals surface area (Å²) >= 11 is 5.93.